The van der Waals surface area contributed by atoms with Crippen LogP contribution in [0, 0.1) is 10.1 Å². The summed E-state index contributed by atoms with van der Waals surface area (Å²) in [7, 11) is 0. The number of benzene rings is 2. The van der Waals surface area contributed by atoms with Gasteiger partial charge in [-0.05, 0) is 35.5 Å². The Morgan fingerprint density at radius 2 is 1.88 bits per heavy atom. The van der Waals surface area contributed by atoms with Crippen LogP contribution in [0.25, 0.3) is 5.69 Å². The highest BCUT2D eigenvalue weighted by atomic mass is 35.5. The third-order valence-corrected chi connectivity index (χ3v) is 5.73. The molecule has 1 aliphatic heterocycles. The first-order valence-corrected chi connectivity index (χ1v) is 10.4. The molecule has 1 unspecified atom stereocenters. The molecule has 0 bridgehead atoms. The van der Waals surface area contributed by atoms with Gasteiger partial charge in [0.1, 0.15) is 0 Å². The summed E-state index contributed by atoms with van der Waals surface area (Å²) in [6.45, 7) is 4.33. The van der Waals surface area contributed by atoms with Gasteiger partial charge in [0.2, 0.25) is 11.9 Å². The first-order valence-electron chi connectivity index (χ1n) is 10.0. The lowest BCUT2D eigenvalue weighted by Gasteiger charge is -2.37. The summed E-state index contributed by atoms with van der Waals surface area (Å²) in [5.74, 6) is 0.367. The number of piperazine rings is 1. The van der Waals surface area contributed by atoms with Crippen LogP contribution in [0.15, 0.2) is 48.5 Å². The van der Waals surface area contributed by atoms with Crippen LogP contribution in [0.4, 0.5) is 17.3 Å². The molecular weight excluding hydrogens is 436 g/mol. The van der Waals surface area contributed by atoms with Crippen LogP contribution in [-0.4, -0.2) is 68.2 Å². The summed E-state index contributed by atoms with van der Waals surface area (Å²) in [6.07, 6.45) is 0. The van der Waals surface area contributed by atoms with Gasteiger partial charge in [-0.25, -0.2) is 0 Å². The van der Waals surface area contributed by atoms with E-state index in [0.717, 1.165) is 5.69 Å². The Bertz CT molecular complexity index is 1120. The number of nitro benzene ring substituents is 1. The molecule has 0 saturated carbocycles. The van der Waals surface area contributed by atoms with Crippen molar-refractivity contribution in [2.45, 2.75) is 13.0 Å². The van der Waals surface area contributed by atoms with E-state index in [2.05, 4.69) is 25.7 Å². The van der Waals surface area contributed by atoms with Gasteiger partial charge in [0.15, 0.2) is 0 Å². The van der Waals surface area contributed by atoms with Gasteiger partial charge in [0.05, 0.1) is 27.4 Å². The van der Waals surface area contributed by atoms with E-state index < -0.39 is 11.0 Å². The van der Waals surface area contributed by atoms with Crippen LogP contribution in [0.3, 0.4) is 0 Å². The fourth-order valence-corrected chi connectivity index (χ4v) is 3.72. The molecular formula is C20H21ClN8O3. The molecule has 32 heavy (non-hydrogen) atoms. The number of nitrogens with zero attached hydrogens (tertiary/aromatic N) is 7. The Morgan fingerprint density at radius 3 is 2.56 bits per heavy atom. The SMILES string of the molecule is CC(C(=O)Nc1cc([N+](=O)[O-])ccc1Cl)N1CCN(c2nnnn2-c2ccccc2)CC1. The van der Waals surface area contributed by atoms with E-state index in [1.807, 2.05) is 35.2 Å². The molecule has 0 spiro atoms. The molecule has 1 fully saturated rings. The lowest BCUT2D eigenvalue weighted by atomic mass is 10.2. The van der Waals surface area contributed by atoms with Gasteiger partial charge < -0.3 is 10.2 Å². The first kappa shape index (κ1) is 21.7. The zero-order valence-corrected chi connectivity index (χ0v) is 18.0. The number of rotatable bonds is 6. The number of carbonyl (C=O) groups excluding carboxylic acids is 1. The van der Waals surface area contributed by atoms with Crippen molar-refractivity contribution in [3.63, 3.8) is 0 Å². The van der Waals surface area contributed by atoms with E-state index in [-0.39, 0.29) is 22.3 Å². The fourth-order valence-electron chi connectivity index (χ4n) is 3.55. The molecule has 12 heteroatoms. The molecule has 0 aliphatic carbocycles. The van der Waals surface area contributed by atoms with E-state index in [1.54, 1.807) is 11.6 Å². The minimum absolute atomic E-state index is 0.137. The van der Waals surface area contributed by atoms with Crippen LogP contribution in [0.1, 0.15) is 6.92 Å². The largest absolute Gasteiger partial charge is 0.337 e. The summed E-state index contributed by atoms with van der Waals surface area (Å²) in [6, 6.07) is 13.1. The van der Waals surface area contributed by atoms with Crippen LogP contribution in [-0.2, 0) is 4.79 Å². The summed E-state index contributed by atoms with van der Waals surface area (Å²) >= 11 is 6.10. The number of hydrogen-bond donors (Lipinski definition) is 1. The van der Waals surface area contributed by atoms with Crippen molar-refractivity contribution in [2.75, 3.05) is 36.4 Å². The molecule has 1 aliphatic rings. The predicted molar refractivity (Wildman–Crippen MR) is 119 cm³/mol. The Kier molecular flexibility index (Phi) is 6.28. The van der Waals surface area contributed by atoms with Gasteiger partial charge in [0, 0.05) is 38.3 Å². The average molecular weight is 457 g/mol. The lowest BCUT2D eigenvalue weighted by Crippen LogP contribution is -2.53. The number of anilines is 2. The number of aromatic nitrogens is 4. The maximum Gasteiger partial charge on any atom is 0.271 e. The maximum absolute atomic E-state index is 12.8. The van der Waals surface area contributed by atoms with Crippen molar-refractivity contribution >= 4 is 34.8 Å². The number of non-ortho nitro benzene ring substituents is 1. The van der Waals surface area contributed by atoms with Crippen LogP contribution < -0.4 is 10.2 Å². The molecule has 11 nitrogen and oxygen atoms in total. The van der Waals surface area contributed by atoms with E-state index in [4.69, 9.17) is 11.6 Å². The summed E-state index contributed by atoms with van der Waals surface area (Å²) in [5, 5.41) is 26.0. The molecule has 3 aromatic rings. The fraction of sp³-hybridized carbons (Fsp3) is 0.300. The van der Waals surface area contributed by atoms with Crippen molar-refractivity contribution in [3.8, 4) is 5.69 Å². The van der Waals surface area contributed by atoms with E-state index in [0.29, 0.717) is 32.1 Å². The molecule has 1 saturated heterocycles. The van der Waals surface area contributed by atoms with Gasteiger partial charge in [-0.3, -0.25) is 19.8 Å². The number of nitro groups is 1. The molecule has 4 rings (SSSR count). The Hall–Kier alpha value is -3.57. The minimum atomic E-state index is -0.530. The second-order valence-electron chi connectivity index (χ2n) is 7.34. The number of amides is 1. The van der Waals surface area contributed by atoms with Crippen molar-refractivity contribution in [3.05, 3.63) is 63.7 Å². The highest BCUT2D eigenvalue weighted by Crippen LogP contribution is 2.27. The van der Waals surface area contributed by atoms with Gasteiger partial charge in [-0.1, -0.05) is 34.9 Å². The van der Waals surface area contributed by atoms with E-state index in [9.17, 15) is 14.9 Å². The Labute approximate surface area is 188 Å². The third kappa shape index (κ3) is 4.53. The molecule has 2 heterocycles. The highest BCUT2D eigenvalue weighted by molar-refractivity contribution is 6.33. The lowest BCUT2D eigenvalue weighted by molar-refractivity contribution is -0.384. The van der Waals surface area contributed by atoms with E-state index >= 15 is 0 Å². The zero-order valence-electron chi connectivity index (χ0n) is 17.3. The van der Waals surface area contributed by atoms with Gasteiger partial charge in [-0.2, -0.15) is 4.68 Å². The van der Waals surface area contributed by atoms with E-state index in [1.165, 1.54) is 18.2 Å². The number of para-hydroxylation sites is 1. The number of carbonyl (C=O) groups is 1. The van der Waals surface area contributed by atoms with Crippen LogP contribution in [0.2, 0.25) is 5.02 Å². The molecule has 1 N–H and O–H groups in total. The highest BCUT2D eigenvalue weighted by Gasteiger charge is 2.28. The third-order valence-electron chi connectivity index (χ3n) is 5.40. The average Bonchev–Trinajstić information content (AvgIpc) is 3.30. The van der Waals surface area contributed by atoms with Crippen molar-refractivity contribution in [1.82, 2.24) is 25.1 Å². The maximum atomic E-state index is 12.8. The molecule has 0 radical (unpaired) electrons. The topological polar surface area (TPSA) is 122 Å². The minimum Gasteiger partial charge on any atom is -0.337 e. The van der Waals surface area contributed by atoms with Gasteiger partial charge in [0.25, 0.3) is 5.69 Å². The van der Waals surface area contributed by atoms with Crippen LogP contribution >= 0.6 is 11.6 Å². The van der Waals surface area contributed by atoms with Crippen molar-refractivity contribution in [2.24, 2.45) is 0 Å². The molecule has 166 valence electrons. The normalized spacial score (nSPS) is 15.4. The number of nitrogens with one attached hydrogen (secondary N) is 1. The molecule has 1 atom stereocenters. The quantitative estimate of drug-likeness (QED) is 0.443. The number of halogens is 1. The second-order valence-corrected chi connectivity index (χ2v) is 7.74. The zero-order chi connectivity index (χ0) is 22.7. The van der Waals surface area contributed by atoms with Gasteiger partial charge >= 0.3 is 0 Å². The molecule has 2 aromatic carbocycles. The molecule has 1 amide bonds. The first-order chi connectivity index (χ1) is 15.4. The summed E-state index contributed by atoms with van der Waals surface area (Å²) in [5.41, 5.74) is 0.956. The van der Waals surface area contributed by atoms with Crippen LogP contribution in [0.5, 0.6) is 0 Å². The second kappa shape index (κ2) is 9.28. The number of hydrogen-bond acceptors (Lipinski definition) is 8. The van der Waals surface area contributed by atoms with Gasteiger partial charge in [-0.15, -0.1) is 0 Å². The summed E-state index contributed by atoms with van der Waals surface area (Å²) < 4.78 is 1.69. The Balaban J connectivity index is 1.39. The molecule has 1 aromatic heterocycles. The number of tetrazole rings is 1. The smallest absolute Gasteiger partial charge is 0.271 e. The monoisotopic (exact) mass is 456 g/mol. The Morgan fingerprint density at radius 1 is 1.16 bits per heavy atom. The van der Waals surface area contributed by atoms with Crippen molar-refractivity contribution in [1.29, 1.82) is 0 Å². The standard InChI is InChI=1S/C20H21ClN8O3/c1-14(19(30)22-18-13-16(29(31)32)7-8-17(18)21)26-9-11-27(12-10-26)20-23-24-25-28(20)15-5-3-2-4-6-15/h2-8,13-14H,9-12H2,1H3,(H,22,30). The predicted octanol–water partition coefficient (Wildman–Crippen LogP) is 2.37. The summed E-state index contributed by atoms with van der Waals surface area (Å²) in [4.78, 5) is 27.3. The van der Waals surface area contributed by atoms with Crippen molar-refractivity contribution < 1.29 is 9.72 Å².